The molecule has 0 aliphatic rings. The lowest BCUT2D eigenvalue weighted by Crippen LogP contribution is -2.47. The molecule has 0 bridgehead atoms. The third-order valence-corrected chi connectivity index (χ3v) is 3.97. The normalized spacial score (nSPS) is 14.3. The fourth-order valence-electron chi connectivity index (χ4n) is 2.65. The lowest BCUT2D eigenvalue weighted by atomic mass is 9.75. The summed E-state index contributed by atoms with van der Waals surface area (Å²) in [5.74, 6) is -1.00. The van der Waals surface area contributed by atoms with Gasteiger partial charge in [-0.2, -0.15) is 0 Å². The van der Waals surface area contributed by atoms with E-state index in [2.05, 4.69) is 19.2 Å². The first kappa shape index (κ1) is 19.2. The van der Waals surface area contributed by atoms with Crippen molar-refractivity contribution in [3.8, 4) is 0 Å². The summed E-state index contributed by atoms with van der Waals surface area (Å²) >= 11 is 0. The van der Waals surface area contributed by atoms with Gasteiger partial charge in [0.2, 0.25) is 5.91 Å². The van der Waals surface area contributed by atoms with Gasteiger partial charge in [-0.15, -0.1) is 0 Å². The monoisotopic (exact) mass is 319 g/mol. The van der Waals surface area contributed by atoms with Crippen molar-refractivity contribution in [2.24, 2.45) is 17.3 Å². The van der Waals surface area contributed by atoms with E-state index in [-0.39, 0.29) is 17.2 Å². The zero-order chi connectivity index (χ0) is 17.6. The number of amides is 1. The first-order valence-corrected chi connectivity index (χ1v) is 8.18. The molecular formula is C19H29NO3. The Morgan fingerprint density at radius 2 is 1.70 bits per heavy atom. The summed E-state index contributed by atoms with van der Waals surface area (Å²) in [4.78, 5) is 24.2. The van der Waals surface area contributed by atoms with E-state index in [1.54, 1.807) is 0 Å². The number of carbonyl (C=O) groups excluding carboxylic acids is 1. The lowest BCUT2D eigenvalue weighted by molar-refractivity contribution is -0.143. The van der Waals surface area contributed by atoms with Crippen LogP contribution in [0.4, 0.5) is 0 Å². The number of carbonyl (C=O) groups is 2. The summed E-state index contributed by atoms with van der Waals surface area (Å²) in [6.45, 7) is 10.2. The van der Waals surface area contributed by atoms with Crippen LogP contribution in [0.2, 0.25) is 0 Å². The highest BCUT2D eigenvalue weighted by molar-refractivity contribution is 5.85. The summed E-state index contributed by atoms with van der Waals surface area (Å²) in [5.41, 5.74) is 0.695. The third kappa shape index (κ3) is 6.43. The average Bonchev–Trinajstić information content (AvgIpc) is 2.43. The second kappa shape index (κ2) is 8.14. The summed E-state index contributed by atoms with van der Waals surface area (Å²) in [6.07, 6.45) is 1.04. The Labute approximate surface area is 139 Å². The standard InChI is InChI=1S/C19H29NO3/c1-13(2)11-15(19(3,4)5)17(21)20-16(18(22)23)12-14-9-7-6-8-10-14/h6-10,13,15-16H,11-12H2,1-5H3,(H,20,21)(H,22,23). The predicted octanol–water partition coefficient (Wildman–Crippen LogP) is 3.51. The van der Waals surface area contributed by atoms with Crippen molar-refractivity contribution >= 4 is 11.9 Å². The Kier molecular flexibility index (Phi) is 6.79. The molecule has 0 aliphatic heterocycles. The topological polar surface area (TPSA) is 66.4 Å². The van der Waals surface area contributed by atoms with Crippen LogP contribution in [-0.2, 0) is 16.0 Å². The summed E-state index contributed by atoms with van der Waals surface area (Å²) in [7, 11) is 0. The first-order valence-electron chi connectivity index (χ1n) is 8.18. The maximum atomic E-state index is 12.7. The van der Waals surface area contributed by atoms with Gasteiger partial charge in [-0.05, 0) is 23.3 Å². The van der Waals surface area contributed by atoms with Gasteiger partial charge in [-0.3, -0.25) is 4.79 Å². The van der Waals surface area contributed by atoms with Crippen LogP contribution in [0.15, 0.2) is 30.3 Å². The SMILES string of the molecule is CC(C)CC(C(=O)NC(Cc1ccccc1)C(=O)O)C(C)(C)C. The zero-order valence-electron chi connectivity index (χ0n) is 14.8. The van der Waals surface area contributed by atoms with Crippen LogP contribution in [0.25, 0.3) is 0 Å². The fourth-order valence-corrected chi connectivity index (χ4v) is 2.65. The molecule has 2 unspecified atom stereocenters. The molecule has 0 radical (unpaired) electrons. The highest BCUT2D eigenvalue weighted by Gasteiger charge is 2.34. The van der Waals surface area contributed by atoms with E-state index in [4.69, 9.17) is 0 Å². The van der Waals surface area contributed by atoms with E-state index in [9.17, 15) is 14.7 Å². The van der Waals surface area contributed by atoms with Crippen LogP contribution in [0.3, 0.4) is 0 Å². The summed E-state index contributed by atoms with van der Waals surface area (Å²) in [6, 6.07) is 8.46. The largest absolute Gasteiger partial charge is 0.480 e. The van der Waals surface area contributed by atoms with Crippen molar-refractivity contribution in [1.82, 2.24) is 5.32 Å². The number of carboxylic acid groups (broad SMARTS) is 1. The number of rotatable bonds is 7. The minimum atomic E-state index is -1.00. The summed E-state index contributed by atoms with van der Waals surface area (Å²) < 4.78 is 0. The third-order valence-electron chi connectivity index (χ3n) is 3.97. The Bertz CT molecular complexity index is 517. The van der Waals surface area contributed by atoms with Gasteiger partial charge < -0.3 is 10.4 Å². The van der Waals surface area contributed by atoms with E-state index in [1.807, 2.05) is 51.1 Å². The smallest absolute Gasteiger partial charge is 0.326 e. The van der Waals surface area contributed by atoms with Gasteiger partial charge in [0.05, 0.1) is 0 Å². The molecule has 0 saturated heterocycles. The van der Waals surface area contributed by atoms with Crippen molar-refractivity contribution < 1.29 is 14.7 Å². The maximum Gasteiger partial charge on any atom is 0.326 e. The van der Waals surface area contributed by atoms with Gasteiger partial charge in [0.15, 0.2) is 0 Å². The Hall–Kier alpha value is -1.84. The van der Waals surface area contributed by atoms with Crippen LogP contribution in [0.5, 0.6) is 0 Å². The molecule has 1 aromatic rings. The fraction of sp³-hybridized carbons (Fsp3) is 0.579. The molecule has 1 aromatic carbocycles. The second-order valence-electron chi connectivity index (χ2n) is 7.64. The number of aliphatic carboxylic acids is 1. The number of nitrogens with one attached hydrogen (secondary N) is 1. The van der Waals surface area contributed by atoms with E-state index in [1.165, 1.54) is 0 Å². The Balaban J connectivity index is 2.85. The number of hydrogen-bond donors (Lipinski definition) is 2. The predicted molar refractivity (Wildman–Crippen MR) is 92.1 cm³/mol. The number of hydrogen-bond acceptors (Lipinski definition) is 2. The molecule has 0 aliphatic carbocycles. The minimum Gasteiger partial charge on any atom is -0.480 e. The van der Waals surface area contributed by atoms with E-state index in [0.717, 1.165) is 12.0 Å². The van der Waals surface area contributed by atoms with Crippen molar-refractivity contribution in [2.75, 3.05) is 0 Å². The van der Waals surface area contributed by atoms with Crippen LogP contribution in [0, 0.1) is 17.3 Å². The van der Waals surface area contributed by atoms with Crippen molar-refractivity contribution in [2.45, 2.75) is 53.5 Å². The highest BCUT2D eigenvalue weighted by Crippen LogP contribution is 2.31. The molecule has 4 nitrogen and oxygen atoms in total. The molecule has 0 fully saturated rings. The molecule has 4 heteroatoms. The van der Waals surface area contributed by atoms with Crippen LogP contribution in [-0.4, -0.2) is 23.0 Å². The molecule has 23 heavy (non-hydrogen) atoms. The van der Waals surface area contributed by atoms with Gasteiger partial charge in [-0.25, -0.2) is 4.79 Å². The van der Waals surface area contributed by atoms with Crippen molar-refractivity contribution in [3.63, 3.8) is 0 Å². The summed E-state index contributed by atoms with van der Waals surface area (Å²) in [5, 5.41) is 12.2. The Morgan fingerprint density at radius 1 is 1.13 bits per heavy atom. The maximum absolute atomic E-state index is 12.7. The van der Waals surface area contributed by atoms with E-state index < -0.39 is 12.0 Å². The van der Waals surface area contributed by atoms with Crippen LogP contribution < -0.4 is 5.32 Å². The first-order chi connectivity index (χ1) is 10.6. The highest BCUT2D eigenvalue weighted by atomic mass is 16.4. The molecule has 0 aromatic heterocycles. The number of carboxylic acids is 1. The van der Waals surface area contributed by atoms with E-state index in [0.29, 0.717) is 12.3 Å². The zero-order valence-corrected chi connectivity index (χ0v) is 14.8. The van der Waals surface area contributed by atoms with Gasteiger partial charge in [0, 0.05) is 12.3 Å². The van der Waals surface area contributed by atoms with Crippen LogP contribution in [0.1, 0.15) is 46.6 Å². The molecule has 128 valence electrons. The lowest BCUT2D eigenvalue weighted by Gasteiger charge is -2.32. The number of benzene rings is 1. The van der Waals surface area contributed by atoms with Gasteiger partial charge in [0.1, 0.15) is 6.04 Å². The van der Waals surface area contributed by atoms with E-state index >= 15 is 0 Å². The quantitative estimate of drug-likeness (QED) is 0.808. The van der Waals surface area contributed by atoms with Gasteiger partial charge in [-0.1, -0.05) is 65.0 Å². The minimum absolute atomic E-state index is 0.172. The average molecular weight is 319 g/mol. The van der Waals surface area contributed by atoms with Crippen molar-refractivity contribution in [3.05, 3.63) is 35.9 Å². The van der Waals surface area contributed by atoms with Crippen LogP contribution >= 0.6 is 0 Å². The van der Waals surface area contributed by atoms with Gasteiger partial charge in [0.25, 0.3) is 0 Å². The van der Waals surface area contributed by atoms with Crippen molar-refractivity contribution in [1.29, 1.82) is 0 Å². The molecule has 1 amide bonds. The molecule has 2 N–H and O–H groups in total. The molecule has 1 rings (SSSR count). The molecule has 0 saturated carbocycles. The molecule has 0 heterocycles. The second-order valence-corrected chi connectivity index (χ2v) is 7.64. The Morgan fingerprint density at radius 3 is 2.13 bits per heavy atom. The molecule has 0 spiro atoms. The molecular weight excluding hydrogens is 290 g/mol. The van der Waals surface area contributed by atoms with Gasteiger partial charge >= 0.3 is 5.97 Å². The molecule has 2 atom stereocenters.